The standard InChI is InChI=1S/C9H16BrN3O/c1-6(5-14-3)4-13-9(11)8(10)7(2)12-13/h6H,4-5,11H2,1-3H3. The van der Waals surface area contributed by atoms with Crippen LogP contribution in [0.1, 0.15) is 12.6 Å². The summed E-state index contributed by atoms with van der Waals surface area (Å²) in [6, 6.07) is 0. The summed E-state index contributed by atoms with van der Waals surface area (Å²) < 4.78 is 7.76. The van der Waals surface area contributed by atoms with Gasteiger partial charge in [0.25, 0.3) is 0 Å². The number of rotatable bonds is 4. The van der Waals surface area contributed by atoms with E-state index >= 15 is 0 Å². The van der Waals surface area contributed by atoms with E-state index in [1.54, 1.807) is 7.11 Å². The van der Waals surface area contributed by atoms with Gasteiger partial charge >= 0.3 is 0 Å². The van der Waals surface area contributed by atoms with Crippen LogP contribution < -0.4 is 5.73 Å². The second-order valence-electron chi connectivity index (χ2n) is 3.53. The molecule has 1 heterocycles. The first-order valence-corrected chi connectivity index (χ1v) is 5.32. The Morgan fingerprint density at radius 1 is 1.64 bits per heavy atom. The van der Waals surface area contributed by atoms with Crippen LogP contribution in [-0.4, -0.2) is 23.5 Å². The van der Waals surface area contributed by atoms with Crippen molar-refractivity contribution in [3.05, 3.63) is 10.2 Å². The first-order chi connectivity index (χ1) is 6.56. The van der Waals surface area contributed by atoms with E-state index < -0.39 is 0 Å². The van der Waals surface area contributed by atoms with Gasteiger partial charge in [0.2, 0.25) is 0 Å². The third-order valence-electron chi connectivity index (χ3n) is 2.03. The van der Waals surface area contributed by atoms with Crippen LogP contribution >= 0.6 is 15.9 Å². The molecule has 0 radical (unpaired) electrons. The molecule has 1 atom stereocenters. The summed E-state index contributed by atoms with van der Waals surface area (Å²) >= 11 is 3.39. The Balaban J connectivity index is 2.72. The van der Waals surface area contributed by atoms with Gasteiger partial charge in [-0.25, -0.2) is 4.68 Å². The van der Waals surface area contributed by atoms with E-state index in [-0.39, 0.29) is 0 Å². The summed E-state index contributed by atoms with van der Waals surface area (Å²) in [4.78, 5) is 0. The highest BCUT2D eigenvalue weighted by molar-refractivity contribution is 9.10. The van der Waals surface area contributed by atoms with Crippen molar-refractivity contribution in [3.8, 4) is 0 Å². The topological polar surface area (TPSA) is 53.1 Å². The summed E-state index contributed by atoms with van der Waals surface area (Å²) in [5, 5.41) is 4.32. The van der Waals surface area contributed by atoms with Gasteiger partial charge < -0.3 is 10.5 Å². The molecule has 5 heteroatoms. The number of halogens is 1. The van der Waals surface area contributed by atoms with E-state index in [1.807, 2.05) is 11.6 Å². The van der Waals surface area contributed by atoms with E-state index in [2.05, 4.69) is 28.0 Å². The molecule has 0 saturated heterocycles. The van der Waals surface area contributed by atoms with E-state index in [1.165, 1.54) is 0 Å². The van der Waals surface area contributed by atoms with Crippen LogP contribution in [0.4, 0.5) is 5.82 Å². The summed E-state index contributed by atoms with van der Waals surface area (Å²) in [6.45, 7) is 5.54. The zero-order chi connectivity index (χ0) is 10.7. The fourth-order valence-corrected chi connectivity index (χ4v) is 1.63. The predicted molar refractivity (Wildman–Crippen MR) is 60.1 cm³/mol. The quantitative estimate of drug-likeness (QED) is 0.900. The van der Waals surface area contributed by atoms with Crippen molar-refractivity contribution in [2.24, 2.45) is 5.92 Å². The second kappa shape index (κ2) is 4.79. The van der Waals surface area contributed by atoms with Gasteiger partial charge in [0.1, 0.15) is 5.82 Å². The summed E-state index contributed by atoms with van der Waals surface area (Å²) in [6.07, 6.45) is 0. The first kappa shape index (κ1) is 11.5. The van der Waals surface area contributed by atoms with Crippen molar-refractivity contribution in [2.75, 3.05) is 19.5 Å². The van der Waals surface area contributed by atoms with Gasteiger partial charge in [0.05, 0.1) is 16.8 Å². The minimum atomic E-state index is 0.411. The molecule has 1 aromatic rings. The summed E-state index contributed by atoms with van der Waals surface area (Å²) in [7, 11) is 1.70. The molecule has 0 amide bonds. The van der Waals surface area contributed by atoms with Crippen molar-refractivity contribution in [1.82, 2.24) is 9.78 Å². The number of nitrogens with two attached hydrogens (primary N) is 1. The highest BCUT2D eigenvalue weighted by atomic mass is 79.9. The molecule has 0 fully saturated rings. The number of ether oxygens (including phenoxy) is 1. The van der Waals surface area contributed by atoms with Crippen LogP contribution in [0, 0.1) is 12.8 Å². The van der Waals surface area contributed by atoms with Gasteiger partial charge in [-0.3, -0.25) is 0 Å². The third-order valence-corrected chi connectivity index (χ3v) is 3.01. The average molecular weight is 262 g/mol. The van der Waals surface area contributed by atoms with Gasteiger partial charge in [0.15, 0.2) is 0 Å². The zero-order valence-electron chi connectivity index (χ0n) is 8.75. The van der Waals surface area contributed by atoms with Crippen LogP contribution in [0.2, 0.25) is 0 Å². The smallest absolute Gasteiger partial charge is 0.136 e. The summed E-state index contributed by atoms with van der Waals surface area (Å²) in [5.41, 5.74) is 6.78. The van der Waals surface area contributed by atoms with Gasteiger partial charge in [-0.1, -0.05) is 6.92 Å². The van der Waals surface area contributed by atoms with Gasteiger partial charge in [-0.05, 0) is 28.8 Å². The molecule has 0 spiro atoms. The highest BCUT2D eigenvalue weighted by Gasteiger charge is 2.11. The molecule has 2 N–H and O–H groups in total. The summed E-state index contributed by atoms with van der Waals surface area (Å²) in [5.74, 6) is 1.10. The zero-order valence-corrected chi connectivity index (χ0v) is 10.3. The molecule has 1 rings (SSSR count). The Morgan fingerprint density at radius 3 is 2.71 bits per heavy atom. The Labute approximate surface area is 92.5 Å². The lowest BCUT2D eigenvalue weighted by Crippen LogP contribution is -2.15. The first-order valence-electron chi connectivity index (χ1n) is 4.53. The molecular weight excluding hydrogens is 246 g/mol. The van der Waals surface area contributed by atoms with Crippen molar-refractivity contribution in [3.63, 3.8) is 0 Å². The minimum Gasteiger partial charge on any atom is -0.384 e. The molecule has 0 aliphatic rings. The highest BCUT2D eigenvalue weighted by Crippen LogP contribution is 2.23. The maximum absolute atomic E-state index is 5.86. The van der Waals surface area contributed by atoms with Crippen molar-refractivity contribution in [1.29, 1.82) is 0 Å². The van der Waals surface area contributed by atoms with Gasteiger partial charge in [-0.2, -0.15) is 5.10 Å². The number of aromatic nitrogens is 2. The molecule has 80 valence electrons. The molecule has 1 unspecified atom stereocenters. The monoisotopic (exact) mass is 261 g/mol. The van der Waals surface area contributed by atoms with Gasteiger partial charge in [-0.15, -0.1) is 0 Å². The molecule has 0 aliphatic heterocycles. The van der Waals surface area contributed by atoms with E-state index in [4.69, 9.17) is 10.5 Å². The molecule has 14 heavy (non-hydrogen) atoms. The Kier molecular flexibility index (Phi) is 3.95. The number of nitrogen functional groups attached to an aromatic ring is 1. The molecule has 1 aromatic heterocycles. The second-order valence-corrected chi connectivity index (χ2v) is 4.32. The molecular formula is C9H16BrN3O. The normalized spacial score (nSPS) is 13.1. The maximum atomic E-state index is 5.86. The third kappa shape index (κ3) is 2.48. The molecule has 4 nitrogen and oxygen atoms in total. The van der Waals surface area contributed by atoms with E-state index in [0.717, 1.165) is 23.3 Å². The lowest BCUT2D eigenvalue weighted by Gasteiger charge is -2.11. The van der Waals surface area contributed by atoms with E-state index in [0.29, 0.717) is 11.7 Å². The van der Waals surface area contributed by atoms with Crippen LogP contribution in [-0.2, 0) is 11.3 Å². The van der Waals surface area contributed by atoms with Crippen LogP contribution in [0.5, 0.6) is 0 Å². The number of hydrogen-bond donors (Lipinski definition) is 1. The van der Waals surface area contributed by atoms with Crippen LogP contribution in [0.15, 0.2) is 4.47 Å². The van der Waals surface area contributed by atoms with Gasteiger partial charge in [0, 0.05) is 13.7 Å². The Bertz CT molecular complexity index is 311. The lowest BCUT2D eigenvalue weighted by atomic mass is 10.2. The number of aryl methyl sites for hydroxylation is 1. The number of hydrogen-bond acceptors (Lipinski definition) is 3. The minimum absolute atomic E-state index is 0.411. The van der Waals surface area contributed by atoms with E-state index in [9.17, 15) is 0 Å². The fraction of sp³-hybridized carbons (Fsp3) is 0.667. The largest absolute Gasteiger partial charge is 0.384 e. The molecule has 0 aromatic carbocycles. The van der Waals surface area contributed by atoms with Crippen molar-refractivity contribution in [2.45, 2.75) is 20.4 Å². The SMILES string of the molecule is COCC(C)Cn1nc(C)c(Br)c1N. The van der Waals surface area contributed by atoms with Crippen LogP contribution in [0.25, 0.3) is 0 Å². The average Bonchev–Trinajstić information content (AvgIpc) is 2.34. The van der Waals surface area contributed by atoms with Crippen molar-refractivity contribution >= 4 is 21.7 Å². The Morgan fingerprint density at radius 2 is 2.29 bits per heavy atom. The van der Waals surface area contributed by atoms with Crippen molar-refractivity contribution < 1.29 is 4.74 Å². The molecule has 0 bridgehead atoms. The molecule has 0 aliphatic carbocycles. The predicted octanol–water partition coefficient (Wildman–Crippen LogP) is 1.82. The van der Waals surface area contributed by atoms with Crippen LogP contribution in [0.3, 0.4) is 0 Å². The fourth-order valence-electron chi connectivity index (χ4n) is 1.35. The maximum Gasteiger partial charge on any atom is 0.136 e. The number of anilines is 1. The Hall–Kier alpha value is -0.550. The lowest BCUT2D eigenvalue weighted by molar-refractivity contribution is 0.149. The number of nitrogens with zero attached hydrogens (tertiary/aromatic N) is 2. The molecule has 0 saturated carbocycles. The number of methoxy groups -OCH3 is 1.